The van der Waals surface area contributed by atoms with Crippen molar-refractivity contribution in [3.63, 3.8) is 0 Å². The first kappa shape index (κ1) is 14.5. The van der Waals surface area contributed by atoms with Gasteiger partial charge in [-0.2, -0.15) is 0 Å². The highest BCUT2D eigenvalue weighted by Crippen LogP contribution is 2.22. The number of hydrogen-bond acceptors (Lipinski definition) is 2. The van der Waals surface area contributed by atoms with E-state index in [1.165, 1.54) is 6.42 Å². The van der Waals surface area contributed by atoms with Gasteiger partial charge in [-0.3, -0.25) is 4.98 Å². The molecule has 0 saturated carbocycles. The number of halogens is 1. The van der Waals surface area contributed by atoms with Gasteiger partial charge in [0.1, 0.15) is 0 Å². The highest BCUT2D eigenvalue weighted by atomic mass is 35.5. The lowest BCUT2D eigenvalue weighted by molar-refractivity contribution is 0.396. The summed E-state index contributed by atoms with van der Waals surface area (Å²) >= 11 is 5.87. The first-order chi connectivity index (χ1) is 8.17. The molecule has 2 atom stereocenters. The highest BCUT2D eigenvalue weighted by molar-refractivity contribution is 6.30. The molecule has 1 rings (SSSR count). The molecule has 0 bridgehead atoms. The van der Waals surface area contributed by atoms with Gasteiger partial charge in [0.2, 0.25) is 0 Å². The molecule has 2 nitrogen and oxygen atoms in total. The third-order valence-electron chi connectivity index (χ3n) is 3.08. The predicted octanol–water partition coefficient (Wildman–Crippen LogP) is 4.21. The number of aromatic nitrogens is 1. The molecule has 2 unspecified atom stereocenters. The van der Waals surface area contributed by atoms with Crippen molar-refractivity contribution in [3.05, 3.63) is 29.0 Å². The monoisotopic (exact) mass is 254 g/mol. The fourth-order valence-electron chi connectivity index (χ4n) is 1.79. The smallest absolute Gasteiger partial charge is 0.0589 e. The normalized spacial score (nSPS) is 14.6. The largest absolute Gasteiger partial charge is 0.309 e. The van der Waals surface area contributed by atoms with E-state index < -0.39 is 0 Å². The summed E-state index contributed by atoms with van der Waals surface area (Å²) in [4.78, 5) is 4.42. The van der Waals surface area contributed by atoms with Gasteiger partial charge >= 0.3 is 0 Å². The Morgan fingerprint density at radius 3 is 2.65 bits per heavy atom. The molecular weight excluding hydrogens is 232 g/mol. The van der Waals surface area contributed by atoms with Crippen molar-refractivity contribution in [3.8, 4) is 0 Å². The third-order valence-corrected chi connectivity index (χ3v) is 3.31. The van der Waals surface area contributed by atoms with Crippen molar-refractivity contribution in [2.75, 3.05) is 6.54 Å². The molecule has 0 saturated heterocycles. The van der Waals surface area contributed by atoms with E-state index in [0.717, 1.165) is 25.1 Å². The lowest BCUT2D eigenvalue weighted by Crippen LogP contribution is -2.24. The van der Waals surface area contributed by atoms with Gasteiger partial charge < -0.3 is 5.32 Å². The van der Waals surface area contributed by atoms with Gasteiger partial charge in [-0.1, -0.05) is 38.8 Å². The molecule has 17 heavy (non-hydrogen) atoms. The van der Waals surface area contributed by atoms with Crippen LogP contribution in [0.3, 0.4) is 0 Å². The first-order valence-electron chi connectivity index (χ1n) is 6.52. The van der Waals surface area contributed by atoms with Gasteiger partial charge in [-0.15, -0.1) is 0 Å². The molecule has 96 valence electrons. The van der Waals surface area contributed by atoms with Crippen LogP contribution in [0.25, 0.3) is 0 Å². The molecule has 0 aromatic carbocycles. The second-order valence-electron chi connectivity index (χ2n) is 4.66. The molecule has 1 aromatic heterocycles. The first-order valence-corrected chi connectivity index (χ1v) is 6.90. The standard InChI is InChI=1S/C14H23ClN2/c1-4-8-16-14(9-11(3)5-2)13-7-6-12(15)10-17-13/h6-7,10-11,14,16H,4-5,8-9H2,1-3H3. The molecule has 0 fully saturated rings. The van der Waals surface area contributed by atoms with E-state index in [2.05, 4.69) is 31.1 Å². The van der Waals surface area contributed by atoms with Crippen LogP contribution in [0, 0.1) is 5.92 Å². The van der Waals surface area contributed by atoms with Crippen molar-refractivity contribution < 1.29 is 0 Å². The van der Waals surface area contributed by atoms with E-state index in [9.17, 15) is 0 Å². The van der Waals surface area contributed by atoms with Crippen LogP contribution < -0.4 is 5.32 Å². The van der Waals surface area contributed by atoms with E-state index in [1.54, 1.807) is 6.20 Å². The Kier molecular flexibility index (Phi) is 6.53. The average Bonchev–Trinajstić information content (AvgIpc) is 2.35. The molecule has 0 aliphatic carbocycles. The summed E-state index contributed by atoms with van der Waals surface area (Å²) in [6, 6.07) is 4.29. The Morgan fingerprint density at radius 1 is 1.35 bits per heavy atom. The van der Waals surface area contributed by atoms with Crippen LogP contribution in [0.5, 0.6) is 0 Å². The maximum atomic E-state index is 5.87. The molecule has 0 aliphatic heterocycles. The van der Waals surface area contributed by atoms with Crippen LogP contribution in [-0.4, -0.2) is 11.5 Å². The molecule has 1 heterocycles. The van der Waals surface area contributed by atoms with E-state index in [4.69, 9.17) is 11.6 Å². The van der Waals surface area contributed by atoms with Gasteiger partial charge in [-0.05, 0) is 37.4 Å². The summed E-state index contributed by atoms with van der Waals surface area (Å²) in [6.45, 7) is 7.74. The summed E-state index contributed by atoms with van der Waals surface area (Å²) in [5.41, 5.74) is 1.10. The van der Waals surface area contributed by atoms with Crippen molar-refractivity contribution in [2.45, 2.75) is 46.1 Å². The Hall–Kier alpha value is -0.600. The van der Waals surface area contributed by atoms with Crippen LogP contribution in [0.1, 0.15) is 51.8 Å². The summed E-state index contributed by atoms with van der Waals surface area (Å²) in [5.74, 6) is 0.710. The molecule has 0 radical (unpaired) electrons. The van der Waals surface area contributed by atoms with Gasteiger partial charge in [-0.25, -0.2) is 0 Å². The van der Waals surface area contributed by atoms with Crippen LogP contribution >= 0.6 is 11.6 Å². The highest BCUT2D eigenvalue weighted by Gasteiger charge is 2.14. The SMILES string of the molecule is CCCNC(CC(C)CC)c1ccc(Cl)cn1. The number of nitrogens with one attached hydrogen (secondary N) is 1. The van der Waals surface area contributed by atoms with Crippen molar-refractivity contribution in [1.29, 1.82) is 0 Å². The predicted molar refractivity (Wildman–Crippen MR) is 74.4 cm³/mol. The van der Waals surface area contributed by atoms with E-state index in [1.807, 2.05) is 12.1 Å². The summed E-state index contributed by atoms with van der Waals surface area (Å²) < 4.78 is 0. The molecule has 1 aromatic rings. The van der Waals surface area contributed by atoms with E-state index in [0.29, 0.717) is 17.0 Å². The fraction of sp³-hybridized carbons (Fsp3) is 0.643. The minimum absolute atomic E-state index is 0.349. The Bertz CT molecular complexity index is 311. The fourth-order valence-corrected chi connectivity index (χ4v) is 1.90. The molecule has 3 heteroatoms. The Balaban J connectivity index is 2.70. The van der Waals surface area contributed by atoms with Crippen LogP contribution in [0.4, 0.5) is 0 Å². The number of rotatable bonds is 7. The molecule has 1 N–H and O–H groups in total. The molecular formula is C14H23ClN2. The van der Waals surface area contributed by atoms with Gasteiger partial charge in [0.25, 0.3) is 0 Å². The van der Waals surface area contributed by atoms with E-state index >= 15 is 0 Å². The van der Waals surface area contributed by atoms with Crippen molar-refractivity contribution >= 4 is 11.6 Å². The lowest BCUT2D eigenvalue weighted by Gasteiger charge is -2.21. The quantitative estimate of drug-likeness (QED) is 0.788. The average molecular weight is 255 g/mol. The number of nitrogens with zero attached hydrogens (tertiary/aromatic N) is 1. The number of pyridine rings is 1. The summed E-state index contributed by atoms with van der Waals surface area (Å²) in [5, 5.41) is 4.27. The second kappa shape index (κ2) is 7.67. The Morgan fingerprint density at radius 2 is 2.12 bits per heavy atom. The summed E-state index contributed by atoms with van der Waals surface area (Å²) in [6.07, 6.45) is 5.21. The van der Waals surface area contributed by atoms with Gasteiger partial charge in [0.15, 0.2) is 0 Å². The minimum Gasteiger partial charge on any atom is -0.309 e. The van der Waals surface area contributed by atoms with Crippen molar-refractivity contribution in [2.24, 2.45) is 5.92 Å². The van der Waals surface area contributed by atoms with Crippen LogP contribution in [0.2, 0.25) is 5.02 Å². The molecule has 0 aliphatic rings. The second-order valence-corrected chi connectivity index (χ2v) is 5.09. The molecule has 0 amide bonds. The number of hydrogen-bond donors (Lipinski definition) is 1. The van der Waals surface area contributed by atoms with Gasteiger partial charge in [0, 0.05) is 12.2 Å². The van der Waals surface area contributed by atoms with Crippen molar-refractivity contribution in [1.82, 2.24) is 10.3 Å². The lowest BCUT2D eigenvalue weighted by atomic mass is 9.97. The topological polar surface area (TPSA) is 24.9 Å². The molecule has 0 spiro atoms. The maximum Gasteiger partial charge on any atom is 0.0589 e. The van der Waals surface area contributed by atoms with Gasteiger partial charge in [0.05, 0.1) is 10.7 Å². The zero-order chi connectivity index (χ0) is 12.7. The minimum atomic E-state index is 0.349. The summed E-state index contributed by atoms with van der Waals surface area (Å²) in [7, 11) is 0. The third kappa shape index (κ3) is 5.05. The van der Waals surface area contributed by atoms with E-state index in [-0.39, 0.29) is 0 Å². The Labute approximate surface area is 110 Å². The van der Waals surface area contributed by atoms with Crippen LogP contribution in [0.15, 0.2) is 18.3 Å². The zero-order valence-electron chi connectivity index (χ0n) is 11.0. The van der Waals surface area contributed by atoms with Crippen LogP contribution in [-0.2, 0) is 0 Å². The maximum absolute atomic E-state index is 5.87. The zero-order valence-corrected chi connectivity index (χ0v) is 11.8.